The largest absolute Gasteiger partial charge is 0.477 e. The smallest absolute Gasteiger partial charge is 0.213 e. The Labute approximate surface area is 138 Å². The zero-order valence-corrected chi connectivity index (χ0v) is 14.6. The minimum atomic E-state index is -0.238. The Hall–Kier alpha value is -1.82. The van der Waals surface area contributed by atoms with Crippen LogP contribution in [0.25, 0.3) is 0 Å². The first-order chi connectivity index (χ1) is 11.0. The van der Waals surface area contributed by atoms with E-state index in [9.17, 15) is 0 Å². The third-order valence-corrected chi connectivity index (χ3v) is 3.88. The molecule has 0 saturated heterocycles. The molecule has 0 aromatic carbocycles. The van der Waals surface area contributed by atoms with Gasteiger partial charge in [0.2, 0.25) is 5.88 Å². The number of hydrogen-bond donors (Lipinski definition) is 2. The first kappa shape index (κ1) is 17.5. The summed E-state index contributed by atoms with van der Waals surface area (Å²) in [6.45, 7) is 6.17. The fourth-order valence-electron chi connectivity index (χ4n) is 1.90. The van der Waals surface area contributed by atoms with Gasteiger partial charge in [-0.1, -0.05) is 0 Å². The van der Waals surface area contributed by atoms with E-state index in [2.05, 4.69) is 20.6 Å². The summed E-state index contributed by atoms with van der Waals surface area (Å²) in [5.41, 5.74) is 0.873. The van der Waals surface area contributed by atoms with Crippen molar-refractivity contribution in [1.29, 1.82) is 0 Å². The fourth-order valence-corrected chi connectivity index (χ4v) is 1.90. The molecule has 0 atom stereocenters. The van der Waals surface area contributed by atoms with Crippen molar-refractivity contribution in [2.45, 2.75) is 38.8 Å². The van der Waals surface area contributed by atoms with Crippen LogP contribution in [0.2, 0.25) is 0 Å². The molecule has 1 fully saturated rings. The molecule has 1 aromatic heterocycles. The number of aliphatic imine (C=N–C) groups is 1. The van der Waals surface area contributed by atoms with E-state index in [1.54, 1.807) is 20.4 Å². The van der Waals surface area contributed by atoms with Crippen LogP contribution in [0.15, 0.2) is 23.3 Å². The summed E-state index contributed by atoms with van der Waals surface area (Å²) in [6.07, 6.45) is 4.34. The summed E-state index contributed by atoms with van der Waals surface area (Å²) in [6, 6.07) is 3.95. The number of ether oxygens (including phenoxy) is 2. The molecule has 0 aliphatic heterocycles. The Morgan fingerprint density at radius 1 is 1.39 bits per heavy atom. The monoisotopic (exact) mass is 320 g/mol. The van der Waals surface area contributed by atoms with Crippen LogP contribution in [0.3, 0.4) is 0 Å². The number of hydrogen-bond acceptors (Lipinski definition) is 4. The third-order valence-electron chi connectivity index (χ3n) is 3.88. The van der Waals surface area contributed by atoms with E-state index in [1.165, 1.54) is 12.8 Å². The lowest BCUT2D eigenvalue weighted by molar-refractivity contribution is 0.0268. The molecule has 0 unspecified atom stereocenters. The first-order valence-corrected chi connectivity index (χ1v) is 8.10. The van der Waals surface area contributed by atoms with Gasteiger partial charge in [0.1, 0.15) is 0 Å². The molecule has 0 spiro atoms. The number of methoxy groups -OCH3 is 1. The van der Waals surface area contributed by atoms with Crippen LogP contribution in [0.5, 0.6) is 5.88 Å². The van der Waals surface area contributed by atoms with Crippen molar-refractivity contribution in [3.63, 3.8) is 0 Å². The predicted molar refractivity (Wildman–Crippen MR) is 91.7 cm³/mol. The highest BCUT2D eigenvalue weighted by Gasteiger charge is 2.22. The average molecular weight is 320 g/mol. The van der Waals surface area contributed by atoms with E-state index >= 15 is 0 Å². The summed E-state index contributed by atoms with van der Waals surface area (Å²) in [5.74, 6) is 2.16. The molecule has 1 heterocycles. The Morgan fingerprint density at radius 3 is 2.83 bits per heavy atom. The van der Waals surface area contributed by atoms with Gasteiger partial charge in [0.15, 0.2) is 5.96 Å². The molecule has 128 valence electrons. The second-order valence-electron chi connectivity index (χ2n) is 6.50. The number of guanidine groups is 1. The van der Waals surface area contributed by atoms with Gasteiger partial charge in [0.25, 0.3) is 0 Å². The van der Waals surface area contributed by atoms with E-state index in [4.69, 9.17) is 9.47 Å². The molecular weight excluding hydrogens is 292 g/mol. The van der Waals surface area contributed by atoms with Crippen molar-refractivity contribution in [1.82, 2.24) is 15.6 Å². The summed E-state index contributed by atoms with van der Waals surface area (Å²) in [5, 5.41) is 6.55. The van der Waals surface area contributed by atoms with Crippen molar-refractivity contribution in [3.8, 4) is 5.88 Å². The van der Waals surface area contributed by atoms with Crippen molar-refractivity contribution in [2.24, 2.45) is 10.9 Å². The van der Waals surface area contributed by atoms with Crippen molar-refractivity contribution >= 4 is 5.96 Å². The van der Waals surface area contributed by atoms with Gasteiger partial charge in [0.05, 0.1) is 12.2 Å². The lowest BCUT2D eigenvalue weighted by Gasteiger charge is -2.24. The maximum absolute atomic E-state index is 5.71. The van der Waals surface area contributed by atoms with Gasteiger partial charge in [-0.15, -0.1) is 0 Å². The summed E-state index contributed by atoms with van der Waals surface area (Å²) in [7, 11) is 3.46. The van der Waals surface area contributed by atoms with Crippen LogP contribution in [0, 0.1) is 5.92 Å². The van der Waals surface area contributed by atoms with Gasteiger partial charge in [-0.05, 0) is 44.2 Å². The van der Waals surface area contributed by atoms with Crippen molar-refractivity contribution in [2.75, 3.05) is 27.3 Å². The SMILES string of the molecule is CN=C(NCc1ccnc(OCC2CC2)c1)NCC(C)(C)OC. The van der Waals surface area contributed by atoms with Gasteiger partial charge in [-0.25, -0.2) is 4.98 Å². The Kier molecular flexibility index (Phi) is 6.21. The van der Waals surface area contributed by atoms with Crippen LogP contribution in [0.4, 0.5) is 0 Å². The molecule has 1 aromatic rings. The van der Waals surface area contributed by atoms with E-state index in [1.807, 2.05) is 26.0 Å². The molecule has 1 saturated carbocycles. The fraction of sp³-hybridized carbons (Fsp3) is 0.647. The van der Waals surface area contributed by atoms with Gasteiger partial charge in [0, 0.05) is 39.5 Å². The van der Waals surface area contributed by atoms with Crippen LogP contribution in [-0.4, -0.2) is 43.9 Å². The van der Waals surface area contributed by atoms with E-state index in [0.717, 1.165) is 24.0 Å². The number of nitrogens with zero attached hydrogens (tertiary/aromatic N) is 2. The molecule has 23 heavy (non-hydrogen) atoms. The Bertz CT molecular complexity index is 527. The molecule has 0 radical (unpaired) electrons. The van der Waals surface area contributed by atoms with E-state index in [-0.39, 0.29) is 5.60 Å². The second kappa shape index (κ2) is 8.15. The van der Waals surface area contributed by atoms with Crippen molar-refractivity contribution in [3.05, 3.63) is 23.9 Å². The zero-order chi connectivity index (χ0) is 16.7. The minimum absolute atomic E-state index is 0.238. The van der Waals surface area contributed by atoms with Crippen LogP contribution < -0.4 is 15.4 Å². The normalized spacial score (nSPS) is 15.4. The third kappa shape index (κ3) is 6.44. The van der Waals surface area contributed by atoms with Crippen LogP contribution in [-0.2, 0) is 11.3 Å². The summed E-state index contributed by atoms with van der Waals surface area (Å²) < 4.78 is 11.1. The molecule has 2 N–H and O–H groups in total. The van der Waals surface area contributed by atoms with Gasteiger partial charge in [-0.2, -0.15) is 0 Å². The predicted octanol–water partition coefficient (Wildman–Crippen LogP) is 1.96. The van der Waals surface area contributed by atoms with Crippen LogP contribution >= 0.6 is 0 Å². The van der Waals surface area contributed by atoms with E-state index in [0.29, 0.717) is 19.0 Å². The maximum atomic E-state index is 5.71. The first-order valence-electron chi connectivity index (χ1n) is 8.10. The highest BCUT2D eigenvalue weighted by atomic mass is 16.5. The quantitative estimate of drug-likeness (QED) is 0.566. The highest BCUT2D eigenvalue weighted by Crippen LogP contribution is 2.29. The Balaban J connectivity index is 1.79. The Morgan fingerprint density at radius 2 is 2.17 bits per heavy atom. The molecule has 1 aliphatic carbocycles. The molecular formula is C17H28N4O2. The van der Waals surface area contributed by atoms with E-state index < -0.39 is 0 Å². The molecule has 6 heteroatoms. The highest BCUT2D eigenvalue weighted by molar-refractivity contribution is 5.79. The lowest BCUT2D eigenvalue weighted by Crippen LogP contribution is -2.45. The summed E-state index contributed by atoms with van der Waals surface area (Å²) >= 11 is 0. The van der Waals surface area contributed by atoms with Gasteiger partial charge < -0.3 is 20.1 Å². The lowest BCUT2D eigenvalue weighted by atomic mass is 10.1. The van der Waals surface area contributed by atoms with Crippen molar-refractivity contribution < 1.29 is 9.47 Å². The maximum Gasteiger partial charge on any atom is 0.213 e. The standard InChI is InChI=1S/C17H28N4O2/c1-17(2,22-4)12-21-16(18-3)20-10-14-7-8-19-15(9-14)23-11-13-5-6-13/h7-9,13H,5-6,10-12H2,1-4H3,(H2,18,20,21). The minimum Gasteiger partial charge on any atom is -0.477 e. The molecule has 0 amide bonds. The number of nitrogens with one attached hydrogen (secondary N) is 2. The molecule has 6 nitrogen and oxygen atoms in total. The topological polar surface area (TPSA) is 67.8 Å². The zero-order valence-electron chi connectivity index (χ0n) is 14.6. The van der Waals surface area contributed by atoms with Gasteiger partial charge >= 0.3 is 0 Å². The number of rotatable bonds is 8. The van der Waals surface area contributed by atoms with Gasteiger partial charge in [-0.3, -0.25) is 4.99 Å². The average Bonchev–Trinajstić information content (AvgIpc) is 3.38. The number of aromatic nitrogens is 1. The second-order valence-corrected chi connectivity index (χ2v) is 6.50. The van der Waals surface area contributed by atoms with Crippen LogP contribution in [0.1, 0.15) is 32.3 Å². The molecule has 1 aliphatic rings. The number of pyridine rings is 1. The molecule has 2 rings (SSSR count). The molecule has 0 bridgehead atoms. The summed E-state index contributed by atoms with van der Waals surface area (Å²) in [4.78, 5) is 8.48.